The molecule has 6 heteroatoms. The van der Waals surface area contributed by atoms with Gasteiger partial charge in [-0.1, -0.05) is 30.3 Å². The van der Waals surface area contributed by atoms with Crippen molar-refractivity contribution in [2.24, 2.45) is 5.92 Å². The van der Waals surface area contributed by atoms with Crippen LogP contribution in [0.15, 0.2) is 30.3 Å². The highest BCUT2D eigenvalue weighted by molar-refractivity contribution is 5.85. The molecule has 1 aliphatic rings. The van der Waals surface area contributed by atoms with E-state index in [1.807, 2.05) is 0 Å². The SMILES string of the molecule is O=C(N[C@@H](C(=O)O)c1ccccc1)C1CCC(F)(F)CC1. The molecule has 114 valence electrons. The van der Waals surface area contributed by atoms with Crippen molar-refractivity contribution >= 4 is 11.9 Å². The Hall–Kier alpha value is -1.98. The first-order chi connectivity index (χ1) is 9.89. The summed E-state index contributed by atoms with van der Waals surface area (Å²) < 4.78 is 26.1. The van der Waals surface area contributed by atoms with E-state index >= 15 is 0 Å². The second-order valence-electron chi connectivity index (χ2n) is 5.32. The maximum atomic E-state index is 13.1. The number of nitrogens with one attached hydrogen (secondary N) is 1. The molecule has 0 unspecified atom stereocenters. The Morgan fingerprint density at radius 3 is 2.29 bits per heavy atom. The molecule has 0 radical (unpaired) electrons. The largest absolute Gasteiger partial charge is 0.479 e. The molecular formula is C15H17F2NO3. The first-order valence-corrected chi connectivity index (χ1v) is 6.85. The number of carboxylic acid groups (broad SMARTS) is 1. The van der Waals surface area contributed by atoms with Gasteiger partial charge in [0.25, 0.3) is 0 Å². The fourth-order valence-corrected chi connectivity index (χ4v) is 2.50. The monoisotopic (exact) mass is 297 g/mol. The van der Waals surface area contributed by atoms with Gasteiger partial charge in [-0.15, -0.1) is 0 Å². The molecular weight excluding hydrogens is 280 g/mol. The number of halogens is 2. The van der Waals surface area contributed by atoms with Crippen LogP contribution in [0.5, 0.6) is 0 Å². The van der Waals surface area contributed by atoms with Gasteiger partial charge >= 0.3 is 5.97 Å². The predicted molar refractivity (Wildman–Crippen MR) is 71.9 cm³/mol. The normalized spacial score (nSPS) is 19.7. The molecule has 0 bridgehead atoms. The smallest absolute Gasteiger partial charge is 0.330 e. The fourth-order valence-electron chi connectivity index (χ4n) is 2.50. The van der Waals surface area contributed by atoms with Crippen molar-refractivity contribution < 1.29 is 23.5 Å². The minimum atomic E-state index is -2.71. The van der Waals surface area contributed by atoms with E-state index in [2.05, 4.69) is 5.32 Å². The van der Waals surface area contributed by atoms with Crippen molar-refractivity contribution in [2.45, 2.75) is 37.6 Å². The first kappa shape index (κ1) is 15.4. The maximum absolute atomic E-state index is 13.1. The number of hydrogen-bond donors (Lipinski definition) is 2. The summed E-state index contributed by atoms with van der Waals surface area (Å²) in [5.41, 5.74) is 0.458. The Bertz CT molecular complexity index is 509. The standard InChI is InChI=1S/C15H17F2NO3/c16-15(17)8-6-11(7-9-15)13(19)18-12(14(20)21)10-4-2-1-3-5-10/h1-5,11-12H,6-9H2,(H,18,19)(H,20,21)/t12-/m1/s1. The van der Waals surface area contributed by atoms with Crippen molar-refractivity contribution in [2.75, 3.05) is 0 Å². The third kappa shape index (κ3) is 4.00. The van der Waals surface area contributed by atoms with E-state index in [0.717, 1.165) is 0 Å². The van der Waals surface area contributed by atoms with Gasteiger partial charge in [0.1, 0.15) is 0 Å². The average molecular weight is 297 g/mol. The van der Waals surface area contributed by atoms with Gasteiger partial charge in [0.2, 0.25) is 11.8 Å². The molecule has 0 heterocycles. The van der Waals surface area contributed by atoms with E-state index in [-0.39, 0.29) is 25.7 Å². The number of carboxylic acids is 1. The van der Waals surface area contributed by atoms with Crippen molar-refractivity contribution in [1.82, 2.24) is 5.32 Å². The third-order valence-corrected chi connectivity index (χ3v) is 3.75. The summed E-state index contributed by atoms with van der Waals surface area (Å²) in [7, 11) is 0. The molecule has 21 heavy (non-hydrogen) atoms. The van der Waals surface area contributed by atoms with Gasteiger partial charge in [0.05, 0.1) is 0 Å². The Kier molecular flexibility index (Phi) is 4.55. The number of alkyl halides is 2. The minimum Gasteiger partial charge on any atom is -0.479 e. The number of aliphatic carboxylic acids is 1. The fraction of sp³-hybridized carbons (Fsp3) is 0.467. The average Bonchev–Trinajstić information content (AvgIpc) is 2.45. The van der Waals surface area contributed by atoms with E-state index in [9.17, 15) is 23.5 Å². The van der Waals surface area contributed by atoms with E-state index in [4.69, 9.17) is 0 Å². The van der Waals surface area contributed by atoms with E-state index < -0.39 is 29.8 Å². The minimum absolute atomic E-state index is 0.0833. The molecule has 2 rings (SSSR count). The highest BCUT2D eigenvalue weighted by Crippen LogP contribution is 2.36. The van der Waals surface area contributed by atoms with Gasteiger partial charge in [-0.05, 0) is 18.4 Å². The Balaban J connectivity index is 2.01. The number of amides is 1. The summed E-state index contributed by atoms with van der Waals surface area (Å²) in [6.45, 7) is 0. The molecule has 0 saturated heterocycles. The van der Waals surface area contributed by atoms with Crippen LogP contribution in [-0.2, 0) is 9.59 Å². The van der Waals surface area contributed by atoms with Crippen LogP contribution in [0.3, 0.4) is 0 Å². The summed E-state index contributed by atoms with van der Waals surface area (Å²) in [5.74, 6) is -4.89. The van der Waals surface area contributed by atoms with Crippen LogP contribution in [0, 0.1) is 5.92 Å². The van der Waals surface area contributed by atoms with Crippen LogP contribution in [0.2, 0.25) is 0 Å². The van der Waals surface area contributed by atoms with Crippen LogP contribution in [0.1, 0.15) is 37.3 Å². The van der Waals surface area contributed by atoms with E-state index in [1.165, 1.54) is 0 Å². The first-order valence-electron chi connectivity index (χ1n) is 6.85. The van der Waals surface area contributed by atoms with Crippen LogP contribution in [-0.4, -0.2) is 22.9 Å². The van der Waals surface area contributed by atoms with Crippen LogP contribution in [0.25, 0.3) is 0 Å². The van der Waals surface area contributed by atoms with Crippen molar-refractivity contribution in [3.63, 3.8) is 0 Å². The zero-order chi connectivity index (χ0) is 15.5. The topological polar surface area (TPSA) is 66.4 Å². The third-order valence-electron chi connectivity index (χ3n) is 3.75. The predicted octanol–water partition coefficient (Wildman–Crippen LogP) is 2.75. The summed E-state index contributed by atoms with van der Waals surface area (Å²) in [5, 5.41) is 11.7. The number of carbonyl (C=O) groups is 2. The zero-order valence-corrected chi connectivity index (χ0v) is 11.4. The molecule has 1 aromatic carbocycles. The molecule has 1 amide bonds. The van der Waals surface area contributed by atoms with Crippen LogP contribution in [0.4, 0.5) is 8.78 Å². The highest BCUT2D eigenvalue weighted by atomic mass is 19.3. The zero-order valence-electron chi connectivity index (χ0n) is 11.4. The summed E-state index contributed by atoms with van der Waals surface area (Å²) in [4.78, 5) is 23.4. The van der Waals surface area contributed by atoms with Crippen LogP contribution < -0.4 is 5.32 Å². The van der Waals surface area contributed by atoms with Gasteiger partial charge in [0.15, 0.2) is 6.04 Å². The lowest BCUT2D eigenvalue weighted by Crippen LogP contribution is -2.40. The van der Waals surface area contributed by atoms with Gasteiger partial charge in [-0.2, -0.15) is 0 Å². The molecule has 1 aromatic rings. The second kappa shape index (κ2) is 6.20. The maximum Gasteiger partial charge on any atom is 0.330 e. The Morgan fingerprint density at radius 2 is 1.76 bits per heavy atom. The molecule has 0 spiro atoms. The molecule has 1 aliphatic carbocycles. The summed E-state index contributed by atoms with van der Waals surface area (Å²) in [6, 6.07) is 7.16. The Labute approximate surface area is 121 Å². The molecule has 1 atom stereocenters. The molecule has 1 fully saturated rings. The molecule has 0 aliphatic heterocycles. The number of rotatable bonds is 4. The Morgan fingerprint density at radius 1 is 1.19 bits per heavy atom. The van der Waals surface area contributed by atoms with Gasteiger partial charge < -0.3 is 10.4 Å². The number of carbonyl (C=O) groups excluding carboxylic acids is 1. The van der Waals surface area contributed by atoms with Gasteiger partial charge in [-0.3, -0.25) is 4.79 Å². The van der Waals surface area contributed by atoms with Crippen molar-refractivity contribution in [3.8, 4) is 0 Å². The number of hydrogen-bond acceptors (Lipinski definition) is 2. The number of benzene rings is 1. The lowest BCUT2D eigenvalue weighted by atomic mass is 9.86. The van der Waals surface area contributed by atoms with Gasteiger partial charge in [0, 0.05) is 18.8 Å². The highest BCUT2D eigenvalue weighted by Gasteiger charge is 2.38. The summed E-state index contributed by atoms with van der Waals surface area (Å²) in [6.07, 6.45) is -0.484. The van der Waals surface area contributed by atoms with Gasteiger partial charge in [-0.25, -0.2) is 13.6 Å². The molecule has 0 aromatic heterocycles. The van der Waals surface area contributed by atoms with E-state index in [1.54, 1.807) is 30.3 Å². The van der Waals surface area contributed by atoms with Crippen LogP contribution >= 0.6 is 0 Å². The summed E-state index contributed by atoms with van der Waals surface area (Å²) >= 11 is 0. The molecule has 1 saturated carbocycles. The molecule has 4 nitrogen and oxygen atoms in total. The molecule has 2 N–H and O–H groups in total. The quantitative estimate of drug-likeness (QED) is 0.898. The lowest BCUT2D eigenvalue weighted by molar-refractivity contribution is -0.143. The lowest BCUT2D eigenvalue weighted by Gasteiger charge is -2.28. The second-order valence-corrected chi connectivity index (χ2v) is 5.32. The van der Waals surface area contributed by atoms with Crippen molar-refractivity contribution in [1.29, 1.82) is 0 Å². The van der Waals surface area contributed by atoms with Crippen molar-refractivity contribution in [3.05, 3.63) is 35.9 Å². The van der Waals surface area contributed by atoms with E-state index in [0.29, 0.717) is 5.56 Å².